The minimum absolute atomic E-state index is 0.622. The molecule has 5 heteroatoms. The Morgan fingerprint density at radius 2 is 0.877 bits per heavy atom. The second-order valence-corrected chi connectivity index (χ2v) is 14.5. The molecule has 0 aliphatic heterocycles. The van der Waals surface area contributed by atoms with E-state index in [4.69, 9.17) is 25.1 Å². The first kappa shape index (κ1) is 32.8. The van der Waals surface area contributed by atoms with Crippen molar-refractivity contribution in [1.82, 2.24) is 15.0 Å². The third-order valence-electron chi connectivity index (χ3n) is 11.4. The van der Waals surface area contributed by atoms with Crippen LogP contribution in [0, 0.1) is 0 Å². The zero-order valence-corrected chi connectivity index (χ0v) is 30.8. The van der Waals surface area contributed by atoms with Gasteiger partial charge in [-0.05, 0) is 68.8 Å². The van der Waals surface area contributed by atoms with E-state index in [1.165, 1.54) is 27.8 Å². The fraction of sp³-hybridized carbons (Fsp3) is 0.0192. The van der Waals surface area contributed by atoms with Gasteiger partial charge in [-0.1, -0.05) is 170 Å². The Balaban J connectivity index is 1.15. The molecule has 0 fully saturated rings. The Morgan fingerprint density at radius 1 is 0.368 bits per heavy atom. The van der Waals surface area contributed by atoms with Gasteiger partial charge >= 0.3 is 0 Å². The molecule has 0 amide bonds. The number of hydrogen-bond acceptors (Lipinski definition) is 5. The molecule has 11 rings (SSSR count). The van der Waals surface area contributed by atoms with E-state index < -0.39 is 5.41 Å². The van der Waals surface area contributed by atoms with E-state index in [2.05, 4.69) is 121 Å². The highest BCUT2D eigenvalue weighted by atomic mass is 16.3. The molecule has 1 atom stereocenters. The summed E-state index contributed by atoms with van der Waals surface area (Å²) in [5.74, 6) is 1.90. The van der Waals surface area contributed by atoms with Gasteiger partial charge in [0.15, 0.2) is 17.5 Å². The Hall–Kier alpha value is -7.63. The van der Waals surface area contributed by atoms with Crippen molar-refractivity contribution in [3.63, 3.8) is 0 Å². The molecule has 0 bridgehead atoms. The molecule has 8 aromatic carbocycles. The molecule has 0 saturated carbocycles. The van der Waals surface area contributed by atoms with Gasteiger partial charge in [-0.3, -0.25) is 0 Å². The van der Waals surface area contributed by atoms with E-state index in [9.17, 15) is 0 Å². The summed E-state index contributed by atoms with van der Waals surface area (Å²) < 4.78 is 6.66. The van der Waals surface area contributed by atoms with Gasteiger partial charge in [0.05, 0.1) is 5.41 Å². The van der Waals surface area contributed by atoms with Gasteiger partial charge in [0.1, 0.15) is 11.2 Å². The molecule has 1 aliphatic rings. The number of fused-ring (bicyclic) bond motifs is 7. The quantitative estimate of drug-likeness (QED) is 0.172. The largest absolute Gasteiger partial charge is 0.456 e. The maximum absolute atomic E-state index is 6.66. The molecule has 5 nitrogen and oxygen atoms in total. The smallest absolute Gasteiger partial charge is 0.164 e. The molecule has 57 heavy (non-hydrogen) atoms. The Labute approximate surface area is 329 Å². The highest BCUT2D eigenvalue weighted by Crippen LogP contribution is 2.59. The summed E-state index contributed by atoms with van der Waals surface area (Å²) in [4.78, 5) is 15.0. The van der Waals surface area contributed by atoms with Crippen LogP contribution in [-0.4, -0.2) is 15.0 Å². The van der Waals surface area contributed by atoms with E-state index in [1.54, 1.807) is 0 Å². The van der Waals surface area contributed by atoms with E-state index in [1.807, 2.05) is 72.8 Å². The molecular formula is C52H34N4O. The molecule has 2 aromatic heterocycles. The van der Waals surface area contributed by atoms with E-state index in [0.29, 0.717) is 17.5 Å². The van der Waals surface area contributed by atoms with Crippen molar-refractivity contribution in [2.24, 2.45) is 0 Å². The SMILES string of the molecule is Nc1ccc(-c2cccc3oc4ccc5c(c4c23)-c2ccccc2C5(c2ccccc2)c2ccc(-c3nc(-c4ccccc4)nc(-c4ccccc4)n3)cc2)cc1. The summed E-state index contributed by atoms with van der Waals surface area (Å²) in [7, 11) is 0. The maximum atomic E-state index is 6.66. The summed E-state index contributed by atoms with van der Waals surface area (Å²) >= 11 is 0. The lowest BCUT2D eigenvalue weighted by atomic mass is 9.67. The normalized spacial score (nSPS) is 14.5. The molecular weight excluding hydrogens is 697 g/mol. The molecule has 10 aromatic rings. The minimum Gasteiger partial charge on any atom is -0.456 e. The molecule has 268 valence electrons. The fourth-order valence-electron chi connectivity index (χ4n) is 8.86. The van der Waals surface area contributed by atoms with Crippen molar-refractivity contribution in [3.8, 4) is 56.4 Å². The van der Waals surface area contributed by atoms with Crippen LogP contribution in [0.5, 0.6) is 0 Å². The van der Waals surface area contributed by atoms with Crippen LogP contribution < -0.4 is 5.73 Å². The molecule has 0 radical (unpaired) electrons. The summed E-state index contributed by atoms with van der Waals surface area (Å²) in [6, 6.07) is 67.6. The van der Waals surface area contributed by atoms with Gasteiger partial charge in [0.2, 0.25) is 0 Å². The first-order valence-corrected chi connectivity index (χ1v) is 19.1. The van der Waals surface area contributed by atoms with E-state index >= 15 is 0 Å². The fourth-order valence-corrected chi connectivity index (χ4v) is 8.86. The van der Waals surface area contributed by atoms with Crippen LogP contribution in [0.3, 0.4) is 0 Å². The molecule has 2 heterocycles. The topological polar surface area (TPSA) is 77.8 Å². The number of aromatic nitrogens is 3. The monoisotopic (exact) mass is 730 g/mol. The Morgan fingerprint density at radius 3 is 1.53 bits per heavy atom. The van der Waals surface area contributed by atoms with E-state index in [-0.39, 0.29) is 0 Å². The van der Waals surface area contributed by atoms with Gasteiger partial charge in [0.25, 0.3) is 0 Å². The van der Waals surface area contributed by atoms with Crippen LogP contribution >= 0.6 is 0 Å². The van der Waals surface area contributed by atoms with Crippen molar-refractivity contribution in [3.05, 3.63) is 216 Å². The van der Waals surface area contributed by atoms with Gasteiger partial charge in [-0.25, -0.2) is 15.0 Å². The average Bonchev–Trinajstić information content (AvgIpc) is 3.82. The van der Waals surface area contributed by atoms with Gasteiger partial charge in [-0.15, -0.1) is 0 Å². The summed E-state index contributed by atoms with van der Waals surface area (Å²) in [5, 5.41) is 2.21. The number of rotatable bonds is 6. The standard InChI is InChI=1S/C52H34N4O/c53-39-29-25-33(26-30-39)40-20-12-22-44-47(40)48-45(57-44)32-31-43-46(48)41-19-10-11-21-42(41)52(43,37-17-8-3-9-18-37)38-27-23-36(24-28-38)51-55-49(34-13-4-1-5-14-34)54-50(56-51)35-15-6-2-7-16-35/h1-32H,53H2. The molecule has 0 spiro atoms. The lowest BCUT2D eigenvalue weighted by Crippen LogP contribution is -2.28. The maximum Gasteiger partial charge on any atom is 0.164 e. The van der Waals surface area contributed by atoms with Crippen LogP contribution in [0.2, 0.25) is 0 Å². The summed E-state index contributed by atoms with van der Waals surface area (Å²) in [6.45, 7) is 0. The van der Waals surface area contributed by atoms with Crippen molar-refractivity contribution < 1.29 is 4.42 Å². The first-order valence-electron chi connectivity index (χ1n) is 19.1. The summed E-state index contributed by atoms with van der Waals surface area (Å²) in [6.07, 6.45) is 0. The first-order chi connectivity index (χ1) is 28.2. The second-order valence-electron chi connectivity index (χ2n) is 14.5. The predicted octanol–water partition coefficient (Wildman–Crippen LogP) is 12.4. The highest BCUT2D eigenvalue weighted by molar-refractivity contribution is 6.20. The second kappa shape index (κ2) is 13.0. The lowest BCUT2D eigenvalue weighted by Gasteiger charge is -2.34. The van der Waals surface area contributed by atoms with Crippen LogP contribution in [0.15, 0.2) is 199 Å². The molecule has 2 N–H and O–H groups in total. The Bertz CT molecular complexity index is 3050. The van der Waals surface area contributed by atoms with Crippen molar-refractivity contribution in [2.75, 3.05) is 5.73 Å². The number of anilines is 1. The number of nitrogens with two attached hydrogens (primary N) is 1. The molecule has 0 saturated heterocycles. The van der Waals surface area contributed by atoms with Gasteiger partial charge < -0.3 is 10.2 Å². The number of hydrogen-bond donors (Lipinski definition) is 1. The minimum atomic E-state index is -0.622. The zero-order valence-electron chi connectivity index (χ0n) is 30.8. The predicted molar refractivity (Wildman–Crippen MR) is 231 cm³/mol. The van der Waals surface area contributed by atoms with Gasteiger partial charge in [-0.2, -0.15) is 0 Å². The summed E-state index contributed by atoms with van der Waals surface area (Å²) in [5.41, 5.74) is 20.1. The number of furan rings is 1. The van der Waals surface area contributed by atoms with Gasteiger partial charge in [0, 0.05) is 33.2 Å². The van der Waals surface area contributed by atoms with Crippen molar-refractivity contribution >= 4 is 27.6 Å². The number of nitrogen functional groups attached to an aromatic ring is 1. The highest BCUT2D eigenvalue weighted by Gasteiger charge is 2.47. The van der Waals surface area contributed by atoms with Crippen molar-refractivity contribution in [2.45, 2.75) is 5.41 Å². The third-order valence-corrected chi connectivity index (χ3v) is 11.4. The zero-order chi connectivity index (χ0) is 37.9. The lowest BCUT2D eigenvalue weighted by molar-refractivity contribution is 0.668. The number of benzene rings is 8. The molecule has 1 unspecified atom stereocenters. The van der Waals surface area contributed by atoms with Crippen LogP contribution in [0.1, 0.15) is 22.3 Å². The van der Waals surface area contributed by atoms with E-state index in [0.717, 1.165) is 61.0 Å². The van der Waals surface area contributed by atoms with Crippen LogP contribution in [0.4, 0.5) is 5.69 Å². The third kappa shape index (κ3) is 5.13. The van der Waals surface area contributed by atoms with Crippen LogP contribution in [0.25, 0.3) is 78.4 Å². The number of nitrogens with zero attached hydrogens (tertiary/aromatic N) is 3. The van der Waals surface area contributed by atoms with Crippen molar-refractivity contribution in [1.29, 1.82) is 0 Å². The average molecular weight is 731 g/mol. The molecule has 1 aliphatic carbocycles. The Kier molecular flexibility index (Phi) is 7.47. The van der Waals surface area contributed by atoms with Crippen LogP contribution in [-0.2, 0) is 5.41 Å².